The zero-order valence-corrected chi connectivity index (χ0v) is 13.4. The number of anilines is 1. The van der Waals surface area contributed by atoms with Gasteiger partial charge >= 0.3 is 0 Å². The Balaban J connectivity index is 1.65. The van der Waals surface area contributed by atoms with Crippen LogP contribution in [0.1, 0.15) is 30.4 Å². The van der Waals surface area contributed by atoms with Crippen LogP contribution in [0.25, 0.3) is 0 Å². The van der Waals surface area contributed by atoms with Crippen molar-refractivity contribution in [3.63, 3.8) is 0 Å². The predicted molar refractivity (Wildman–Crippen MR) is 87.8 cm³/mol. The van der Waals surface area contributed by atoms with Gasteiger partial charge in [-0.25, -0.2) is 0 Å². The molecule has 1 saturated heterocycles. The molecule has 1 aliphatic heterocycles. The third-order valence-electron chi connectivity index (χ3n) is 4.01. The molecule has 1 aliphatic rings. The second-order valence-corrected chi connectivity index (χ2v) is 5.81. The molecular weight excluding hydrogens is 278 g/mol. The molecular formula is C17H25N3O2. The Morgan fingerprint density at radius 2 is 2.00 bits per heavy atom. The minimum Gasteiger partial charge on any atom is -0.376 e. The van der Waals surface area contributed by atoms with Gasteiger partial charge in [-0.3, -0.25) is 9.59 Å². The topological polar surface area (TPSA) is 61.4 Å². The Hall–Kier alpha value is -2.04. The highest BCUT2D eigenvalue weighted by atomic mass is 16.2. The minimum atomic E-state index is -0.0181. The molecule has 2 amide bonds. The number of nitrogens with zero attached hydrogens (tertiary/aromatic N) is 1. The molecule has 0 atom stereocenters. The fourth-order valence-electron chi connectivity index (χ4n) is 2.76. The Bertz CT molecular complexity index is 522. The van der Waals surface area contributed by atoms with E-state index in [1.54, 1.807) is 0 Å². The van der Waals surface area contributed by atoms with Crippen LogP contribution in [0.5, 0.6) is 0 Å². The first kappa shape index (κ1) is 16.3. The lowest BCUT2D eigenvalue weighted by Gasteiger charge is -2.16. The number of aryl methyl sites for hydroxylation is 2. The average Bonchev–Trinajstić information content (AvgIpc) is 2.88. The van der Waals surface area contributed by atoms with Gasteiger partial charge in [-0.2, -0.15) is 0 Å². The molecule has 22 heavy (non-hydrogen) atoms. The predicted octanol–water partition coefficient (Wildman–Crippen LogP) is 1.84. The summed E-state index contributed by atoms with van der Waals surface area (Å²) in [5.74, 6) is 0.221. The van der Waals surface area contributed by atoms with Gasteiger partial charge in [-0.05, 0) is 37.8 Å². The average molecular weight is 303 g/mol. The highest BCUT2D eigenvalue weighted by Crippen LogP contribution is 2.18. The number of hydrogen-bond donors (Lipinski definition) is 2. The van der Waals surface area contributed by atoms with Gasteiger partial charge in [0.1, 0.15) is 0 Å². The number of carbonyl (C=O) groups is 2. The van der Waals surface area contributed by atoms with Crippen LogP contribution in [-0.2, 0) is 9.59 Å². The van der Waals surface area contributed by atoms with Crippen molar-refractivity contribution in [1.29, 1.82) is 0 Å². The van der Waals surface area contributed by atoms with Gasteiger partial charge in [-0.1, -0.05) is 18.2 Å². The van der Waals surface area contributed by atoms with E-state index in [0.29, 0.717) is 13.0 Å². The molecule has 0 radical (unpaired) electrons. The number of para-hydroxylation sites is 1. The third kappa shape index (κ3) is 4.48. The van der Waals surface area contributed by atoms with Gasteiger partial charge in [-0.15, -0.1) is 0 Å². The van der Waals surface area contributed by atoms with Gasteiger partial charge in [0.15, 0.2) is 0 Å². The van der Waals surface area contributed by atoms with Crippen molar-refractivity contribution in [3.8, 4) is 0 Å². The first-order valence-corrected chi connectivity index (χ1v) is 7.92. The Kier molecular flexibility index (Phi) is 5.81. The van der Waals surface area contributed by atoms with Crippen LogP contribution < -0.4 is 10.6 Å². The lowest BCUT2D eigenvalue weighted by atomic mass is 10.1. The van der Waals surface area contributed by atoms with E-state index in [0.717, 1.165) is 42.7 Å². The molecule has 1 heterocycles. The number of benzene rings is 1. The maximum Gasteiger partial charge on any atom is 0.239 e. The Morgan fingerprint density at radius 1 is 1.27 bits per heavy atom. The normalized spacial score (nSPS) is 14.3. The van der Waals surface area contributed by atoms with Crippen molar-refractivity contribution in [2.24, 2.45) is 0 Å². The molecule has 0 saturated carbocycles. The zero-order chi connectivity index (χ0) is 15.9. The Labute approximate surface area is 132 Å². The van der Waals surface area contributed by atoms with Gasteiger partial charge in [0, 0.05) is 31.7 Å². The van der Waals surface area contributed by atoms with Crippen LogP contribution in [0.2, 0.25) is 0 Å². The number of hydrogen-bond acceptors (Lipinski definition) is 3. The van der Waals surface area contributed by atoms with Crippen LogP contribution in [0.4, 0.5) is 5.69 Å². The molecule has 0 spiro atoms. The molecule has 0 bridgehead atoms. The lowest BCUT2D eigenvalue weighted by molar-refractivity contribution is -0.127. The van der Waals surface area contributed by atoms with Crippen molar-refractivity contribution in [1.82, 2.24) is 10.2 Å². The van der Waals surface area contributed by atoms with Crippen molar-refractivity contribution in [3.05, 3.63) is 29.3 Å². The molecule has 0 unspecified atom stereocenters. The molecule has 5 nitrogen and oxygen atoms in total. The quantitative estimate of drug-likeness (QED) is 0.756. The summed E-state index contributed by atoms with van der Waals surface area (Å²) in [6.07, 6.45) is 2.44. The summed E-state index contributed by atoms with van der Waals surface area (Å²) in [5, 5.41) is 6.08. The molecule has 1 fully saturated rings. The highest BCUT2D eigenvalue weighted by Gasteiger charge is 2.18. The van der Waals surface area contributed by atoms with Gasteiger partial charge < -0.3 is 15.5 Å². The van der Waals surface area contributed by atoms with Crippen molar-refractivity contribution in [2.45, 2.75) is 33.1 Å². The monoisotopic (exact) mass is 303 g/mol. The fourth-order valence-corrected chi connectivity index (χ4v) is 2.76. The maximum atomic E-state index is 11.8. The van der Waals surface area contributed by atoms with E-state index in [9.17, 15) is 9.59 Å². The third-order valence-corrected chi connectivity index (χ3v) is 4.01. The summed E-state index contributed by atoms with van der Waals surface area (Å²) >= 11 is 0. The number of nitrogens with one attached hydrogen (secondary N) is 2. The van der Waals surface area contributed by atoms with Crippen LogP contribution >= 0.6 is 0 Å². The molecule has 0 aromatic heterocycles. The highest BCUT2D eigenvalue weighted by molar-refractivity contribution is 5.81. The van der Waals surface area contributed by atoms with E-state index in [-0.39, 0.29) is 18.4 Å². The van der Waals surface area contributed by atoms with Gasteiger partial charge in [0.05, 0.1) is 6.54 Å². The smallest absolute Gasteiger partial charge is 0.239 e. The molecule has 2 rings (SSSR count). The van der Waals surface area contributed by atoms with Gasteiger partial charge in [0.25, 0.3) is 0 Å². The number of amides is 2. The second kappa shape index (κ2) is 7.82. The molecule has 5 heteroatoms. The summed E-state index contributed by atoms with van der Waals surface area (Å²) < 4.78 is 0. The molecule has 1 aromatic rings. The second-order valence-electron chi connectivity index (χ2n) is 5.81. The van der Waals surface area contributed by atoms with Crippen LogP contribution in [0.15, 0.2) is 18.2 Å². The van der Waals surface area contributed by atoms with Crippen molar-refractivity contribution < 1.29 is 9.59 Å². The van der Waals surface area contributed by atoms with Crippen LogP contribution in [0, 0.1) is 13.8 Å². The van der Waals surface area contributed by atoms with Crippen molar-refractivity contribution >= 4 is 17.5 Å². The largest absolute Gasteiger partial charge is 0.376 e. The Morgan fingerprint density at radius 3 is 2.64 bits per heavy atom. The first-order valence-electron chi connectivity index (χ1n) is 7.92. The maximum absolute atomic E-state index is 11.8. The van der Waals surface area contributed by atoms with E-state index in [2.05, 4.69) is 10.6 Å². The summed E-state index contributed by atoms with van der Waals surface area (Å²) in [6.45, 7) is 6.54. The zero-order valence-electron chi connectivity index (χ0n) is 13.4. The van der Waals surface area contributed by atoms with E-state index in [1.165, 1.54) is 0 Å². The standard InChI is InChI=1S/C17H25N3O2/c1-13-6-3-7-14(2)17(13)19-12-15(21)18-9-5-11-20-10-4-8-16(20)22/h3,6-7,19H,4-5,8-12H2,1-2H3,(H,18,21). The first-order chi connectivity index (χ1) is 10.6. The molecule has 120 valence electrons. The van der Waals surface area contributed by atoms with Crippen molar-refractivity contribution in [2.75, 3.05) is 31.5 Å². The number of likely N-dealkylation sites (tertiary alicyclic amines) is 1. The number of carbonyl (C=O) groups excluding carboxylic acids is 2. The lowest BCUT2D eigenvalue weighted by Crippen LogP contribution is -2.33. The van der Waals surface area contributed by atoms with E-state index >= 15 is 0 Å². The fraction of sp³-hybridized carbons (Fsp3) is 0.529. The van der Waals surface area contributed by atoms with E-state index in [4.69, 9.17) is 0 Å². The summed E-state index contributed by atoms with van der Waals surface area (Å²) in [7, 11) is 0. The molecule has 2 N–H and O–H groups in total. The molecule has 1 aromatic carbocycles. The van der Waals surface area contributed by atoms with Gasteiger partial charge in [0.2, 0.25) is 11.8 Å². The molecule has 0 aliphatic carbocycles. The van der Waals surface area contributed by atoms with Crippen LogP contribution in [0.3, 0.4) is 0 Å². The minimum absolute atomic E-state index is 0.0181. The summed E-state index contributed by atoms with van der Waals surface area (Å²) in [5.41, 5.74) is 3.31. The summed E-state index contributed by atoms with van der Waals surface area (Å²) in [4.78, 5) is 25.2. The van der Waals surface area contributed by atoms with E-state index < -0.39 is 0 Å². The number of rotatable bonds is 7. The SMILES string of the molecule is Cc1cccc(C)c1NCC(=O)NCCCN1CCCC1=O. The van der Waals surface area contributed by atoms with E-state index in [1.807, 2.05) is 36.9 Å². The summed E-state index contributed by atoms with van der Waals surface area (Å²) in [6, 6.07) is 6.07. The van der Waals surface area contributed by atoms with Crippen LogP contribution in [-0.4, -0.2) is 42.9 Å².